The van der Waals surface area contributed by atoms with E-state index in [2.05, 4.69) is 16.2 Å². The van der Waals surface area contributed by atoms with Crippen LogP contribution in [0.3, 0.4) is 0 Å². The van der Waals surface area contributed by atoms with Crippen LogP contribution in [0.25, 0.3) is 0 Å². The average Bonchev–Trinajstić information content (AvgIpc) is 3.06. The molecule has 9 nitrogen and oxygen atoms in total. The topological polar surface area (TPSA) is 130 Å². The van der Waals surface area contributed by atoms with Gasteiger partial charge in [0, 0.05) is 35.5 Å². The molecule has 0 radical (unpaired) electrons. The SMILES string of the molecule is CCc1sc(C(=O)NNC(=O)CCNC(=O)c2ccc([N+](=O)[O-])cc2)cc1C. The summed E-state index contributed by atoms with van der Waals surface area (Å²) < 4.78 is 0. The van der Waals surface area contributed by atoms with Crippen molar-refractivity contribution in [3.8, 4) is 0 Å². The second-order valence-corrected chi connectivity index (χ2v) is 7.02. The van der Waals surface area contributed by atoms with Gasteiger partial charge in [0.2, 0.25) is 5.91 Å². The van der Waals surface area contributed by atoms with E-state index in [9.17, 15) is 24.5 Å². The molecule has 0 aliphatic carbocycles. The highest BCUT2D eigenvalue weighted by Gasteiger charge is 2.13. The van der Waals surface area contributed by atoms with Crippen molar-refractivity contribution in [1.29, 1.82) is 0 Å². The third-order valence-corrected chi connectivity index (χ3v) is 5.24. The van der Waals surface area contributed by atoms with Crippen LogP contribution < -0.4 is 16.2 Å². The fourth-order valence-electron chi connectivity index (χ4n) is 2.36. The highest BCUT2D eigenvalue weighted by Crippen LogP contribution is 2.21. The smallest absolute Gasteiger partial charge is 0.279 e. The Kier molecular flexibility index (Phi) is 7.21. The van der Waals surface area contributed by atoms with Crippen LogP contribution in [0.2, 0.25) is 0 Å². The first-order chi connectivity index (χ1) is 13.3. The molecule has 2 aromatic rings. The maximum Gasteiger partial charge on any atom is 0.279 e. The van der Waals surface area contributed by atoms with Gasteiger partial charge >= 0.3 is 0 Å². The Bertz CT molecular complexity index is 892. The van der Waals surface area contributed by atoms with E-state index in [1.54, 1.807) is 6.07 Å². The summed E-state index contributed by atoms with van der Waals surface area (Å²) in [6.07, 6.45) is 0.799. The van der Waals surface area contributed by atoms with Gasteiger partial charge in [0.05, 0.1) is 9.80 Å². The Morgan fingerprint density at radius 3 is 2.36 bits per heavy atom. The van der Waals surface area contributed by atoms with Crippen LogP contribution in [-0.2, 0) is 11.2 Å². The van der Waals surface area contributed by atoms with Crippen LogP contribution in [0.5, 0.6) is 0 Å². The number of amides is 3. The van der Waals surface area contributed by atoms with Crippen LogP contribution in [-0.4, -0.2) is 29.2 Å². The Morgan fingerprint density at radius 1 is 1.11 bits per heavy atom. The van der Waals surface area contributed by atoms with Gasteiger partial charge in [-0.05, 0) is 37.1 Å². The molecule has 3 amide bonds. The molecule has 10 heteroatoms. The van der Waals surface area contributed by atoms with E-state index in [4.69, 9.17) is 0 Å². The summed E-state index contributed by atoms with van der Waals surface area (Å²) in [7, 11) is 0. The van der Waals surface area contributed by atoms with Crippen molar-refractivity contribution in [2.75, 3.05) is 6.54 Å². The number of carbonyl (C=O) groups is 3. The van der Waals surface area contributed by atoms with Crippen LogP contribution >= 0.6 is 11.3 Å². The predicted molar refractivity (Wildman–Crippen MR) is 104 cm³/mol. The molecule has 1 aromatic heterocycles. The van der Waals surface area contributed by atoms with Gasteiger partial charge in [-0.1, -0.05) is 6.92 Å². The molecule has 0 spiro atoms. The predicted octanol–water partition coefficient (Wildman–Crippen LogP) is 2.11. The van der Waals surface area contributed by atoms with Crippen LogP contribution in [0.4, 0.5) is 5.69 Å². The van der Waals surface area contributed by atoms with E-state index in [0.29, 0.717) is 4.88 Å². The second kappa shape index (κ2) is 9.60. The number of hydrazine groups is 1. The largest absolute Gasteiger partial charge is 0.352 e. The lowest BCUT2D eigenvalue weighted by Crippen LogP contribution is -2.42. The fourth-order valence-corrected chi connectivity index (χ4v) is 3.37. The number of thiophene rings is 1. The van der Waals surface area contributed by atoms with Gasteiger partial charge < -0.3 is 5.32 Å². The van der Waals surface area contributed by atoms with Crippen molar-refractivity contribution in [2.24, 2.45) is 0 Å². The van der Waals surface area contributed by atoms with Gasteiger partial charge in [0.15, 0.2) is 0 Å². The molecule has 1 heterocycles. The van der Waals surface area contributed by atoms with Crippen LogP contribution in [0, 0.1) is 17.0 Å². The lowest BCUT2D eigenvalue weighted by molar-refractivity contribution is -0.384. The van der Waals surface area contributed by atoms with Crippen molar-refractivity contribution < 1.29 is 19.3 Å². The van der Waals surface area contributed by atoms with Crippen molar-refractivity contribution >= 4 is 34.7 Å². The molecule has 2 rings (SSSR count). The number of benzene rings is 1. The number of nitrogens with zero attached hydrogens (tertiary/aromatic N) is 1. The van der Waals surface area contributed by atoms with E-state index >= 15 is 0 Å². The molecular formula is C18H20N4O5S. The molecule has 0 saturated carbocycles. The minimum atomic E-state index is -0.555. The van der Waals surface area contributed by atoms with Gasteiger partial charge in [0.1, 0.15) is 0 Å². The summed E-state index contributed by atoms with van der Waals surface area (Å²) in [5.41, 5.74) is 5.82. The number of hydrogen-bond donors (Lipinski definition) is 3. The zero-order valence-electron chi connectivity index (χ0n) is 15.4. The highest BCUT2D eigenvalue weighted by molar-refractivity contribution is 7.14. The monoisotopic (exact) mass is 404 g/mol. The average molecular weight is 404 g/mol. The number of rotatable bonds is 7. The first-order valence-electron chi connectivity index (χ1n) is 8.53. The number of carbonyl (C=O) groups excluding carboxylic acids is 3. The molecule has 0 unspecified atom stereocenters. The van der Waals surface area contributed by atoms with Gasteiger partial charge in [-0.2, -0.15) is 0 Å². The second-order valence-electron chi connectivity index (χ2n) is 5.88. The number of non-ortho nitro benzene ring substituents is 1. The molecular weight excluding hydrogens is 384 g/mol. The Balaban J connectivity index is 1.73. The van der Waals surface area contributed by atoms with Gasteiger partial charge in [-0.25, -0.2) is 0 Å². The molecule has 0 saturated heterocycles. The molecule has 0 bridgehead atoms. The summed E-state index contributed by atoms with van der Waals surface area (Å²) in [6.45, 7) is 3.99. The van der Waals surface area contributed by atoms with Crippen molar-refractivity contribution in [1.82, 2.24) is 16.2 Å². The van der Waals surface area contributed by atoms with E-state index in [0.717, 1.165) is 16.9 Å². The van der Waals surface area contributed by atoms with E-state index in [-0.39, 0.29) is 24.2 Å². The van der Waals surface area contributed by atoms with E-state index < -0.39 is 22.6 Å². The Morgan fingerprint density at radius 2 is 1.79 bits per heavy atom. The molecule has 0 atom stereocenters. The molecule has 0 fully saturated rings. The minimum Gasteiger partial charge on any atom is -0.352 e. The highest BCUT2D eigenvalue weighted by atomic mass is 32.1. The molecule has 28 heavy (non-hydrogen) atoms. The van der Waals surface area contributed by atoms with Crippen LogP contribution in [0.1, 0.15) is 43.8 Å². The minimum absolute atomic E-state index is 0.0390. The van der Waals surface area contributed by atoms with Gasteiger partial charge in [0.25, 0.3) is 17.5 Å². The molecule has 3 N–H and O–H groups in total. The van der Waals surface area contributed by atoms with Gasteiger partial charge in [-0.3, -0.25) is 35.3 Å². The van der Waals surface area contributed by atoms with E-state index in [1.165, 1.54) is 35.6 Å². The number of nitro benzene ring substituents is 1. The number of aryl methyl sites for hydroxylation is 2. The quantitative estimate of drug-likeness (QED) is 0.481. The van der Waals surface area contributed by atoms with Crippen LogP contribution in [0.15, 0.2) is 30.3 Å². The van der Waals surface area contributed by atoms with Crippen molar-refractivity contribution in [3.05, 3.63) is 61.3 Å². The first kappa shape index (κ1) is 21.0. The maximum absolute atomic E-state index is 12.0. The first-order valence-corrected chi connectivity index (χ1v) is 9.34. The third kappa shape index (κ3) is 5.61. The number of nitro groups is 1. The summed E-state index contributed by atoms with van der Waals surface area (Å²) in [6, 6.07) is 6.90. The zero-order chi connectivity index (χ0) is 20.7. The van der Waals surface area contributed by atoms with Gasteiger partial charge in [-0.15, -0.1) is 11.3 Å². The Hall–Kier alpha value is -3.27. The number of nitrogens with one attached hydrogen (secondary N) is 3. The molecule has 1 aromatic carbocycles. The molecule has 148 valence electrons. The standard InChI is InChI=1S/C18H20N4O5S/c1-3-14-11(2)10-15(28-14)18(25)21-20-16(23)8-9-19-17(24)12-4-6-13(7-5-12)22(26)27/h4-7,10H,3,8-9H2,1-2H3,(H,19,24)(H,20,23)(H,21,25). The lowest BCUT2D eigenvalue weighted by Gasteiger charge is -2.07. The Labute approximate surface area is 165 Å². The summed E-state index contributed by atoms with van der Waals surface area (Å²) in [4.78, 5) is 47.4. The summed E-state index contributed by atoms with van der Waals surface area (Å²) in [5, 5.41) is 13.1. The lowest BCUT2D eigenvalue weighted by atomic mass is 10.2. The fraction of sp³-hybridized carbons (Fsp3) is 0.278. The van der Waals surface area contributed by atoms with Crippen molar-refractivity contribution in [2.45, 2.75) is 26.7 Å². The summed E-state index contributed by atoms with van der Waals surface area (Å²) >= 11 is 1.38. The normalized spacial score (nSPS) is 10.2. The maximum atomic E-state index is 12.0. The summed E-state index contributed by atoms with van der Waals surface area (Å²) in [5.74, 6) is -1.30. The van der Waals surface area contributed by atoms with Crippen molar-refractivity contribution in [3.63, 3.8) is 0 Å². The molecule has 0 aliphatic rings. The van der Waals surface area contributed by atoms with E-state index in [1.807, 2.05) is 13.8 Å². The zero-order valence-corrected chi connectivity index (χ0v) is 16.2. The third-order valence-electron chi connectivity index (χ3n) is 3.86. The number of hydrogen-bond acceptors (Lipinski definition) is 6. The molecule has 0 aliphatic heterocycles.